The van der Waals surface area contributed by atoms with Crippen LogP contribution in [0.15, 0.2) is 30.3 Å². The van der Waals surface area contributed by atoms with Crippen LogP contribution in [0.2, 0.25) is 0 Å². The van der Waals surface area contributed by atoms with Crippen LogP contribution in [0, 0.1) is 12.7 Å². The molecule has 1 saturated carbocycles. The number of nitrogens with one attached hydrogen (secondary N) is 1. The number of halogens is 1. The van der Waals surface area contributed by atoms with Gasteiger partial charge in [0.1, 0.15) is 12.1 Å². The predicted molar refractivity (Wildman–Crippen MR) is 89.4 cm³/mol. The molecule has 0 saturated heterocycles. The standard InChI is InChI=1S/C19H16FNO4/c1-10-15(14-5-2-11(9-22)6-16(14)19(24)25)7-12(8-17(10)20)18(23)21-13-3-4-13/h2,5-9,13H,3-4H2,1H3,(H,21,23)(H,24,25). The summed E-state index contributed by atoms with van der Waals surface area (Å²) < 4.78 is 14.3. The summed E-state index contributed by atoms with van der Waals surface area (Å²) in [5, 5.41) is 12.2. The highest BCUT2D eigenvalue weighted by molar-refractivity contribution is 6.00. The summed E-state index contributed by atoms with van der Waals surface area (Å²) in [5.74, 6) is -2.20. The number of benzene rings is 2. The lowest BCUT2D eigenvalue weighted by molar-refractivity contribution is 0.0697. The normalized spacial score (nSPS) is 13.4. The van der Waals surface area contributed by atoms with Gasteiger partial charge < -0.3 is 10.4 Å². The van der Waals surface area contributed by atoms with Crippen LogP contribution in [0.1, 0.15) is 49.5 Å². The SMILES string of the molecule is Cc1c(F)cc(C(=O)NC2CC2)cc1-c1ccc(C=O)cc1C(=O)O. The third-order valence-electron chi connectivity index (χ3n) is 4.22. The lowest BCUT2D eigenvalue weighted by Gasteiger charge is -2.13. The fourth-order valence-corrected chi connectivity index (χ4v) is 2.63. The number of aldehydes is 1. The Morgan fingerprint density at radius 1 is 1.20 bits per heavy atom. The van der Waals surface area contributed by atoms with E-state index in [4.69, 9.17) is 0 Å². The van der Waals surface area contributed by atoms with E-state index in [1.54, 1.807) is 0 Å². The average Bonchev–Trinajstić information content (AvgIpc) is 3.40. The van der Waals surface area contributed by atoms with E-state index >= 15 is 0 Å². The minimum atomic E-state index is -1.23. The average molecular weight is 341 g/mol. The van der Waals surface area contributed by atoms with E-state index in [2.05, 4.69) is 5.32 Å². The zero-order valence-electron chi connectivity index (χ0n) is 13.5. The van der Waals surface area contributed by atoms with Crippen LogP contribution in [0.5, 0.6) is 0 Å². The van der Waals surface area contributed by atoms with Crippen molar-refractivity contribution < 1.29 is 23.9 Å². The van der Waals surface area contributed by atoms with E-state index in [1.807, 2.05) is 0 Å². The van der Waals surface area contributed by atoms with Gasteiger partial charge in [-0.05, 0) is 54.7 Å². The molecule has 2 N–H and O–H groups in total. The number of aromatic carboxylic acids is 1. The van der Waals surface area contributed by atoms with E-state index in [0.29, 0.717) is 11.8 Å². The van der Waals surface area contributed by atoms with Gasteiger partial charge in [-0.15, -0.1) is 0 Å². The van der Waals surface area contributed by atoms with Crippen LogP contribution in [0.25, 0.3) is 11.1 Å². The maximum atomic E-state index is 14.3. The summed E-state index contributed by atoms with van der Waals surface area (Å²) in [6, 6.07) is 6.91. The second-order valence-electron chi connectivity index (χ2n) is 6.11. The van der Waals surface area contributed by atoms with Crippen LogP contribution >= 0.6 is 0 Å². The van der Waals surface area contributed by atoms with Gasteiger partial charge in [0.15, 0.2) is 0 Å². The molecule has 0 aliphatic heterocycles. The molecule has 6 heteroatoms. The first-order chi connectivity index (χ1) is 11.9. The smallest absolute Gasteiger partial charge is 0.336 e. The van der Waals surface area contributed by atoms with Crippen molar-refractivity contribution in [2.45, 2.75) is 25.8 Å². The zero-order chi connectivity index (χ0) is 18.1. The van der Waals surface area contributed by atoms with Gasteiger partial charge >= 0.3 is 5.97 Å². The first-order valence-corrected chi connectivity index (χ1v) is 7.84. The number of carboxylic acid groups (broad SMARTS) is 1. The molecular formula is C19H16FNO4. The molecule has 0 bridgehead atoms. The van der Waals surface area contributed by atoms with E-state index in [9.17, 15) is 23.9 Å². The van der Waals surface area contributed by atoms with Crippen molar-refractivity contribution in [1.29, 1.82) is 0 Å². The Morgan fingerprint density at radius 2 is 1.92 bits per heavy atom. The Bertz CT molecular complexity index is 887. The Balaban J connectivity index is 2.12. The minimum Gasteiger partial charge on any atom is -0.478 e. The van der Waals surface area contributed by atoms with Crippen LogP contribution in [0.4, 0.5) is 4.39 Å². The molecule has 1 aliphatic rings. The highest BCUT2D eigenvalue weighted by atomic mass is 19.1. The fourth-order valence-electron chi connectivity index (χ4n) is 2.63. The zero-order valence-corrected chi connectivity index (χ0v) is 13.5. The Kier molecular flexibility index (Phi) is 4.35. The van der Waals surface area contributed by atoms with E-state index in [-0.39, 0.29) is 39.8 Å². The van der Waals surface area contributed by atoms with Crippen LogP contribution < -0.4 is 5.32 Å². The topological polar surface area (TPSA) is 83.5 Å². The number of carboxylic acids is 1. The molecule has 1 amide bonds. The van der Waals surface area contributed by atoms with E-state index < -0.39 is 11.8 Å². The largest absolute Gasteiger partial charge is 0.478 e. The molecule has 0 radical (unpaired) electrons. The first kappa shape index (κ1) is 16.8. The summed E-state index contributed by atoms with van der Waals surface area (Å²) in [6.07, 6.45) is 2.36. The van der Waals surface area contributed by atoms with Crippen molar-refractivity contribution in [3.63, 3.8) is 0 Å². The predicted octanol–water partition coefficient (Wildman–Crippen LogP) is 3.20. The maximum absolute atomic E-state index is 14.3. The van der Waals surface area contributed by atoms with Crippen molar-refractivity contribution in [3.8, 4) is 11.1 Å². The number of hydrogen-bond acceptors (Lipinski definition) is 3. The highest BCUT2D eigenvalue weighted by Crippen LogP contribution is 2.31. The molecule has 3 rings (SSSR count). The lowest BCUT2D eigenvalue weighted by atomic mass is 9.92. The van der Waals surface area contributed by atoms with Gasteiger partial charge in [-0.25, -0.2) is 9.18 Å². The number of rotatable bonds is 5. The monoisotopic (exact) mass is 341 g/mol. The van der Waals surface area contributed by atoms with Crippen molar-refractivity contribution in [2.24, 2.45) is 0 Å². The van der Waals surface area contributed by atoms with Crippen LogP contribution in [-0.2, 0) is 0 Å². The van der Waals surface area contributed by atoms with Crippen LogP contribution in [0.3, 0.4) is 0 Å². The molecule has 25 heavy (non-hydrogen) atoms. The van der Waals surface area contributed by atoms with Crippen molar-refractivity contribution in [1.82, 2.24) is 5.32 Å². The fraction of sp³-hybridized carbons (Fsp3) is 0.211. The van der Waals surface area contributed by atoms with Gasteiger partial charge in [-0.2, -0.15) is 0 Å². The van der Waals surface area contributed by atoms with E-state index in [1.165, 1.54) is 31.2 Å². The van der Waals surface area contributed by atoms with Crippen molar-refractivity contribution in [3.05, 3.63) is 58.4 Å². The first-order valence-electron chi connectivity index (χ1n) is 7.84. The van der Waals surface area contributed by atoms with Gasteiger partial charge in [-0.1, -0.05) is 12.1 Å². The van der Waals surface area contributed by atoms with Crippen molar-refractivity contribution in [2.75, 3.05) is 0 Å². The molecule has 5 nitrogen and oxygen atoms in total. The second-order valence-corrected chi connectivity index (χ2v) is 6.11. The molecule has 128 valence electrons. The molecule has 0 heterocycles. The van der Waals surface area contributed by atoms with Gasteiger partial charge in [0.25, 0.3) is 5.91 Å². The second kappa shape index (κ2) is 6.47. The molecule has 0 atom stereocenters. The lowest BCUT2D eigenvalue weighted by Crippen LogP contribution is -2.25. The van der Waals surface area contributed by atoms with Crippen molar-refractivity contribution >= 4 is 18.2 Å². The third kappa shape index (κ3) is 3.42. The molecule has 1 fully saturated rings. The maximum Gasteiger partial charge on any atom is 0.336 e. The van der Waals surface area contributed by atoms with Gasteiger partial charge in [0.05, 0.1) is 5.56 Å². The summed E-state index contributed by atoms with van der Waals surface area (Å²) in [4.78, 5) is 34.7. The summed E-state index contributed by atoms with van der Waals surface area (Å²) in [5.41, 5.74) is 1.05. The third-order valence-corrected chi connectivity index (χ3v) is 4.22. The van der Waals surface area contributed by atoms with Gasteiger partial charge in [0.2, 0.25) is 0 Å². The summed E-state index contributed by atoms with van der Waals surface area (Å²) in [7, 11) is 0. The Hall–Kier alpha value is -3.02. The number of carbonyl (C=O) groups is 3. The number of amides is 1. The quantitative estimate of drug-likeness (QED) is 0.818. The number of hydrogen-bond donors (Lipinski definition) is 2. The summed E-state index contributed by atoms with van der Waals surface area (Å²) >= 11 is 0. The molecule has 0 spiro atoms. The number of carbonyl (C=O) groups excluding carboxylic acids is 2. The van der Waals surface area contributed by atoms with E-state index in [0.717, 1.165) is 18.9 Å². The minimum absolute atomic E-state index is 0.119. The van der Waals surface area contributed by atoms with Crippen LogP contribution in [-0.4, -0.2) is 29.3 Å². The molecule has 0 aromatic heterocycles. The van der Waals surface area contributed by atoms with Gasteiger partial charge in [0, 0.05) is 17.2 Å². The summed E-state index contributed by atoms with van der Waals surface area (Å²) in [6.45, 7) is 1.52. The molecular weight excluding hydrogens is 325 g/mol. The Labute approximate surface area is 143 Å². The van der Waals surface area contributed by atoms with Gasteiger partial charge in [-0.3, -0.25) is 9.59 Å². The molecule has 1 aliphatic carbocycles. The Morgan fingerprint density at radius 3 is 2.52 bits per heavy atom. The molecule has 2 aromatic rings. The highest BCUT2D eigenvalue weighted by Gasteiger charge is 2.25. The molecule has 0 unspecified atom stereocenters. The molecule has 2 aromatic carbocycles.